The number of rotatable bonds is 5. The molecule has 0 aliphatic rings. The van der Waals surface area contributed by atoms with Crippen LogP contribution in [0.15, 0.2) is 71.6 Å². The van der Waals surface area contributed by atoms with Crippen molar-refractivity contribution >= 4 is 27.3 Å². The Hall–Kier alpha value is -3.19. The van der Waals surface area contributed by atoms with E-state index in [2.05, 4.69) is 10.0 Å². The van der Waals surface area contributed by atoms with Crippen LogP contribution in [0, 0.1) is 19.7 Å². The smallest absolute Gasteiger partial charge is 0.261 e. The summed E-state index contributed by atoms with van der Waals surface area (Å²) in [6.45, 7) is 3.56. The number of hydrogen-bond acceptors (Lipinski definition) is 3. The summed E-state index contributed by atoms with van der Waals surface area (Å²) in [7, 11) is -3.78. The van der Waals surface area contributed by atoms with Gasteiger partial charge in [0, 0.05) is 11.3 Å². The summed E-state index contributed by atoms with van der Waals surface area (Å²) in [5.74, 6) is -0.908. The van der Waals surface area contributed by atoms with E-state index >= 15 is 0 Å². The second kappa shape index (κ2) is 7.82. The van der Waals surface area contributed by atoms with Gasteiger partial charge >= 0.3 is 0 Å². The van der Waals surface area contributed by atoms with Gasteiger partial charge in [-0.25, -0.2) is 12.8 Å². The van der Waals surface area contributed by atoms with Crippen molar-refractivity contribution in [2.75, 3.05) is 10.0 Å². The zero-order valence-corrected chi connectivity index (χ0v) is 16.2. The van der Waals surface area contributed by atoms with Crippen LogP contribution in [0.4, 0.5) is 15.8 Å². The van der Waals surface area contributed by atoms with Crippen molar-refractivity contribution in [3.8, 4) is 0 Å². The summed E-state index contributed by atoms with van der Waals surface area (Å²) in [5.41, 5.74) is 2.64. The fourth-order valence-corrected chi connectivity index (χ4v) is 3.73. The molecule has 0 fully saturated rings. The Morgan fingerprint density at radius 3 is 2.18 bits per heavy atom. The number of aryl methyl sites for hydroxylation is 2. The molecule has 144 valence electrons. The molecule has 1 amide bonds. The van der Waals surface area contributed by atoms with Gasteiger partial charge in [-0.3, -0.25) is 9.52 Å². The zero-order chi connectivity index (χ0) is 20.3. The molecule has 28 heavy (non-hydrogen) atoms. The largest absolute Gasteiger partial charge is 0.322 e. The van der Waals surface area contributed by atoms with E-state index in [4.69, 9.17) is 0 Å². The first-order chi connectivity index (χ1) is 13.3. The normalized spacial score (nSPS) is 11.1. The quantitative estimate of drug-likeness (QED) is 0.665. The van der Waals surface area contributed by atoms with Crippen molar-refractivity contribution in [3.63, 3.8) is 0 Å². The molecule has 0 aromatic heterocycles. The van der Waals surface area contributed by atoms with Gasteiger partial charge in [-0.1, -0.05) is 24.3 Å². The van der Waals surface area contributed by atoms with E-state index < -0.39 is 21.7 Å². The Balaban J connectivity index is 1.78. The molecular formula is C21H19FN2O3S. The lowest BCUT2D eigenvalue weighted by Crippen LogP contribution is -2.15. The summed E-state index contributed by atoms with van der Waals surface area (Å²) < 4.78 is 41.0. The maximum Gasteiger partial charge on any atom is 0.261 e. The molecule has 0 atom stereocenters. The highest BCUT2D eigenvalue weighted by molar-refractivity contribution is 7.92. The van der Waals surface area contributed by atoms with Gasteiger partial charge < -0.3 is 5.32 Å². The molecule has 3 aromatic carbocycles. The number of benzene rings is 3. The lowest BCUT2D eigenvalue weighted by molar-refractivity contribution is 0.102. The molecule has 2 N–H and O–H groups in total. The molecule has 0 unspecified atom stereocenters. The van der Waals surface area contributed by atoms with Crippen molar-refractivity contribution < 1.29 is 17.6 Å². The minimum atomic E-state index is -3.78. The predicted octanol–water partition coefficient (Wildman–Crippen LogP) is 4.50. The summed E-state index contributed by atoms with van der Waals surface area (Å²) in [4.78, 5) is 12.4. The van der Waals surface area contributed by atoms with Gasteiger partial charge in [0.2, 0.25) is 0 Å². The second-order valence-corrected chi connectivity index (χ2v) is 8.04. The number of amides is 1. The van der Waals surface area contributed by atoms with E-state index in [1.54, 1.807) is 38.1 Å². The highest BCUT2D eigenvalue weighted by atomic mass is 32.2. The first-order valence-electron chi connectivity index (χ1n) is 8.52. The molecule has 7 heteroatoms. The van der Waals surface area contributed by atoms with Gasteiger partial charge in [0.25, 0.3) is 15.9 Å². The number of para-hydroxylation sites is 1. The van der Waals surface area contributed by atoms with Gasteiger partial charge in [0.1, 0.15) is 5.82 Å². The average molecular weight is 398 g/mol. The topological polar surface area (TPSA) is 75.3 Å². The van der Waals surface area contributed by atoms with Crippen molar-refractivity contribution in [2.45, 2.75) is 18.7 Å². The van der Waals surface area contributed by atoms with Gasteiger partial charge in [-0.2, -0.15) is 0 Å². The SMILES string of the molecule is Cc1ccc(F)cc1NC(=O)c1ccc(S(=O)(=O)Nc2ccccc2C)cc1. The summed E-state index contributed by atoms with van der Waals surface area (Å²) in [6.07, 6.45) is 0. The number of anilines is 2. The van der Waals surface area contributed by atoms with Crippen LogP contribution in [0.3, 0.4) is 0 Å². The van der Waals surface area contributed by atoms with Crippen LogP contribution in [0.1, 0.15) is 21.5 Å². The Labute approximate surface area is 163 Å². The molecule has 0 aliphatic carbocycles. The molecule has 0 aliphatic heterocycles. The van der Waals surface area contributed by atoms with Crippen LogP contribution in [0.5, 0.6) is 0 Å². The molecular weight excluding hydrogens is 379 g/mol. The van der Waals surface area contributed by atoms with Crippen LogP contribution >= 0.6 is 0 Å². The maximum atomic E-state index is 13.4. The molecule has 0 radical (unpaired) electrons. The van der Waals surface area contributed by atoms with E-state index in [0.717, 1.165) is 11.1 Å². The first kappa shape index (κ1) is 19.6. The van der Waals surface area contributed by atoms with Crippen LogP contribution in [0.2, 0.25) is 0 Å². The van der Waals surface area contributed by atoms with Crippen LogP contribution in [0.25, 0.3) is 0 Å². The maximum absolute atomic E-state index is 13.4. The fourth-order valence-electron chi connectivity index (χ4n) is 2.60. The standard InChI is InChI=1S/C21H19FN2O3S/c1-14-5-3-4-6-19(14)24-28(26,27)18-11-8-16(9-12-18)21(25)23-20-13-17(22)10-7-15(20)2/h3-13,24H,1-2H3,(H,23,25). The third-order valence-corrected chi connectivity index (χ3v) is 5.65. The lowest BCUT2D eigenvalue weighted by Gasteiger charge is -2.11. The fraction of sp³-hybridized carbons (Fsp3) is 0.0952. The number of halogens is 1. The van der Waals surface area contributed by atoms with E-state index in [1.807, 2.05) is 6.07 Å². The summed E-state index contributed by atoms with van der Waals surface area (Å²) >= 11 is 0. The Bertz CT molecular complexity index is 1130. The van der Waals surface area contributed by atoms with E-state index in [9.17, 15) is 17.6 Å². The second-order valence-electron chi connectivity index (χ2n) is 6.36. The monoisotopic (exact) mass is 398 g/mol. The molecule has 0 saturated heterocycles. The van der Waals surface area contributed by atoms with Crippen molar-refractivity contribution in [1.29, 1.82) is 0 Å². The Morgan fingerprint density at radius 1 is 0.857 bits per heavy atom. The Kier molecular flexibility index (Phi) is 5.46. The molecule has 0 spiro atoms. The van der Waals surface area contributed by atoms with Crippen LogP contribution in [-0.4, -0.2) is 14.3 Å². The summed E-state index contributed by atoms with van der Waals surface area (Å²) in [5, 5.41) is 2.63. The van der Waals surface area contributed by atoms with Crippen molar-refractivity contribution in [2.24, 2.45) is 0 Å². The zero-order valence-electron chi connectivity index (χ0n) is 15.4. The van der Waals surface area contributed by atoms with Gasteiger partial charge in [-0.05, 0) is 67.4 Å². The van der Waals surface area contributed by atoms with Crippen molar-refractivity contribution in [3.05, 3.63) is 89.2 Å². The van der Waals surface area contributed by atoms with Crippen molar-refractivity contribution in [1.82, 2.24) is 0 Å². The molecule has 0 heterocycles. The molecule has 5 nitrogen and oxygen atoms in total. The van der Waals surface area contributed by atoms with E-state index in [1.165, 1.54) is 36.4 Å². The number of hydrogen-bond donors (Lipinski definition) is 2. The highest BCUT2D eigenvalue weighted by Crippen LogP contribution is 2.21. The van der Waals surface area contributed by atoms with Gasteiger partial charge in [0.05, 0.1) is 10.6 Å². The van der Waals surface area contributed by atoms with E-state index in [0.29, 0.717) is 11.4 Å². The molecule has 3 rings (SSSR count). The Morgan fingerprint density at radius 2 is 1.50 bits per heavy atom. The van der Waals surface area contributed by atoms with Crippen LogP contribution in [-0.2, 0) is 10.0 Å². The molecule has 3 aromatic rings. The number of sulfonamides is 1. The average Bonchev–Trinajstić information content (AvgIpc) is 2.66. The molecule has 0 saturated carbocycles. The van der Waals surface area contributed by atoms with Gasteiger partial charge in [0.15, 0.2) is 0 Å². The lowest BCUT2D eigenvalue weighted by atomic mass is 10.1. The number of nitrogens with one attached hydrogen (secondary N) is 2. The minimum absolute atomic E-state index is 0.0363. The third kappa shape index (κ3) is 4.37. The van der Waals surface area contributed by atoms with Gasteiger partial charge in [-0.15, -0.1) is 0 Å². The van der Waals surface area contributed by atoms with Crippen LogP contribution < -0.4 is 10.0 Å². The minimum Gasteiger partial charge on any atom is -0.322 e. The molecule has 0 bridgehead atoms. The predicted molar refractivity (Wildman–Crippen MR) is 108 cm³/mol. The highest BCUT2D eigenvalue weighted by Gasteiger charge is 2.16. The third-order valence-electron chi connectivity index (χ3n) is 4.26. The summed E-state index contributed by atoms with van der Waals surface area (Å²) in [6, 6.07) is 16.7. The number of carbonyl (C=O) groups is 1. The first-order valence-corrected chi connectivity index (χ1v) is 10.0. The van der Waals surface area contributed by atoms with E-state index in [-0.39, 0.29) is 10.5 Å². The number of carbonyl (C=O) groups excluding carboxylic acids is 1.